The van der Waals surface area contributed by atoms with Crippen LogP contribution in [0.3, 0.4) is 0 Å². The summed E-state index contributed by atoms with van der Waals surface area (Å²) in [4.78, 5) is 15.0. The van der Waals surface area contributed by atoms with Crippen LogP contribution in [0.15, 0.2) is 18.5 Å². The summed E-state index contributed by atoms with van der Waals surface area (Å²) in [5.74, 6) is -0.765. The number of alkyl halides is 3. The van der Waals surface area contributed by atoms with Gasteiger partial charge in [0.05, 0.1) is 17.7 Å². The molecule has 0 aliphatic carbocycles. The molecule has 1 rings (SSSR count). The van der Waals surface area contributed by atoms with Crippen molar-refractivity contribution in [1.29, 1.82) is 0 Å². The second kappa shape index (κ2) is 5.74. The van der Waals surface area contributed by atoms with Gasteiger partial charge in [0.25, 0.3) is 0 Å². The molecule has 94 valence electrons. The molecule has 7 heteroatoms. The molecule has 0 aromatic carbocycles. The highest BCUT2D eigenvalue weighted by Crippen LogP contribution is 2.31. The SMILES string of the molecule is NCCOCC(=O)c1cnccc1C(F)(F)F. The molecule has 0 fully saturated rings. The predicted octanol–water partition coefficient (Wildman–Crippen LogP) is 1.26. The molecule has 2 N–H and O–H groups in total. The van der Waals surface area contributed by atoms with E-state index in [0.717, 1.165) is 18.5 Å². The van der Waals surface area contributed by atoms with Gasteiger partial charge in [0.1, 0.15) is 6.61 Å². The first-order chi connectivity index (χ1) is 7.96. The van der Waals surface area contributed by atoms with E-state index in [0.29, 0.717) is 0 Å². The first kappa shape index (κ1) is 13.6. The van der Waals surface area contributed by atoms with Gasteiger partial charge in [0, 0.05) is 18.9 Å². The molecular weight excluding hydrogens is 237 g/mol. The van der Waals surface area contributed by atoms with Gasteiger partial charge in [-0.1, -0.05) is 0 Å². The molecule has 0 aliphatic heterocycles. The van der Waals surface area contributed by atoms with Gasteiger partial charge in [0.15, 0.2) is 5.78 Å². The number of hydrogen-bond acceptors (Lipinski definition) is 4. The highest BCUT2D eigenvalue weighted by molar-refractivity contribution is 5.98. The number of rotatable bonds is 5. The molecule has 1 aromatic heterocycles. The number of carbonyl (C=O) groups is 1. The van der Waals surface area contributed by atoms with Gasteiger partial charge in [-0.15, -0.1) is 0 Å². The van der Waals surface area contributed by atoms with Gasteiger partial charge < -0.3 is 10.5 Å². The number of halogens is 3. The van der Waals surface area contributed by atoms with Gasteiger partial charge in [-0.3, -0.25) is 9.78 Å². The van der Waals surface area contributed by atoms with E-state index in [9.17, 15) is 18.0 Å². The Bertz CT molecular complexity index is 393. The number of ether oxygens (including phenoxy) is 1. The molecule has 1 aromatic rings. The summed E-state index contributed by atoms with van der Waals surface area (Å²) < 4.78 is 42.5. The van der Waals surface area contributed by atoms with Crippen LogP contribution >= 0.6 is 0 Å². The zero-order valence-electron chi connectivity index (χ0n) is 8.83. The molecule has 0 amide bonds. The Balaban J connectivity index is 2.86. The lowest BCUT2D eigenvalue weighted by Crippen LogP contribution is -2.19. The zero-order valence-corrected chi connectivity index (χ0v) is 8.83. The molecule has 1 heterocycles. The topological polar surface area (TPSA) is 65.2 Å². The summed E-state index contributed by atoms with van der Waals surface area (Å²) in [7, 11) is 0. The molecule has 0 saturated heterocycles. The van der Waals surface area contributed by atoms with Crippen molar-refractivity contribution in [3.05, 3.63) is 29.6 Å². The second-order valence-electron chi connectivity index (χ2n) is 3.18. The number of Topliss-reactive ketones (excluding diaryl/α,β-unsaturated/α-hetero) is 1. The van der Waals surface area contributed by atoms with E-state index in [1.165, 1.54) is 0 Å². The fraction of sp³-hybridized carbons (Fsp3) is 0.400. The van der Waals surface area contributed by atoms with Crippen molar-refractivity contribution >= 4 is 5.78 Å². The molecule has 0 bridgehead atoms. The monoisotopic (exact) mass is 248 g/mol. The van der Waals surface area contributed by atoms with Gasteiger partial charge in [-0.25, -0.2) is 0 Å². The van der Waals surface area contributed by atoms with Crippen LogP contribution in [0, 0.1) is 0 Å². The van der Waals surface area contributed by atoms with E-state index in [-0.39, 0.29) is 13.2 Å². The molecule has 0 radical (unpaired) electrons. The summed E-state index contributed by atoms with van der Waals surface area (Å²) in [5, 5.41) is 0. The summed E-state index contributed by atoms with van der Waals surface area (Å²) >= 11 is 0. The van der Waals surface area contributed by atoms with E-state index in [2.05, 4.69) is 4.98 Å². The predicted molar refractivity (Wildman–Crippen MR) is 53.4 cm³/mol. The third-order valence-corrected chi connectivity index (χ3v) is 1.92. The summed E-state index contributed by atoms with van der Waals surface area (Å²) in [6, 6.07) is 0.760. The van der Waals surface area contributed by atoms with E-state index < -0.39 is 29.7 Å². The Hall–Kier alpha value is -1.47. The van der Waals surface area contributed by atoms with E-state index in [1.807, 2.05) is 0 Å². The average Bonchev–Trinajstić information content (AvgIpc) is 2.28. The van der Waals surface area contributed by atoms with Crippen LogP contribution in [0.4, 0.5) is 13.2 Å². The van der Waals surface area contributed by atoms with Gasteiger partial charge in [-0.2, -0.15) is 13.2 Å². The highest BCUT2D eigenvalue weighted by atomic mass is 19.4. The van der Waals surface area contributed by atoms with Crippen LogP contribution in [0.5, 0.6) is 0 Å². The van der Waals surface area contributed by atoms with E-state index >= 15 is 0 Å². The third-order valence-electron chi connectivity index (χ3n) is 1.92. The van der Waals surface area contributed by atoms with Crippen molar-refractivity contribution < 1.29 is 22.7 Å². The van der Waals surface area contributed by atoms with Crippen molar-refractivity contribution in [3.63, 3.8) is 0 Å². The number of carbonyl (C=O) groups excluding carboxylic acids is 1. The Labute approximate surface area is 95.6 Å². The Morgan fingerprint density at radius 1 is 1.47 bits per heavy atom. The lowest BCUT2D eigenvalue weighted by molar-refractivity contribution is -0.138. The number of hydrogen-bond donors (Lipinski definition) is 1. The smallest absolute Gasteiger partial charge is 0.372 e. The summed E-state index contributed by atoms with van der Waals surface area (Å²) in [6.07, 6.45) is -2.71. The lowest BCUT2D eigenvalue weighted by Gasteiger charge is -2.11. The van der Waals surface area contributed by atoms with Crippen LogP contribution in [0.1, 0.15) is 15.9 Å². The van der Waals surface area contributed by atoms with Gasteiger partial charge in [0.2, 0.25) is 0 Å². The number of nitrogens with two attached hydrogens (primary N) is 1. The second-order valence-corrected chi connectivity index (χ2v) is 3.18. The van der Waals surface area contributed by atoms with Crippen molar-refractivity contribution in [2.75, 3.05) is 19.8 Å². The highest BCUT2D eigenvalue weighted by Gasteiger charge is 2.34. The zero-order chi connectivity index (χ0) is 12.9. The molecule has 0 unspecified atom stereocenters. The molecule has 0 atom stereocenters. The number of pyridine rings is 1. The third kappa shape index (κ3) is 3.79. The van der Waals surface area contributed by atoms with Gasteiger partial charge >= 0.3 is 6.18 Å². The quantitative estimate of drug-likeness (QED) is 0.629. The Kier molecular flexibility index (Phi) is 4.59. The molecule has 0 aliphatic rings. The average molecular weight is 248 g/mol. The molecule has 17 heavy (non-hydrogen) atoms. The maximum atomic E-state index is 12.6. The number of ketones is 1. The van der Waals surface area contributed by atoms with Crippen LogP contribution in [-0.2, 0) is 10.9 Å². The minimum absolute atomic E-state index is 0.118. The molecule has 4 nitrogen and oxygen atoms in total. The van der Waals surface area contributed by atoms with Crippen molar-refractivity contribution in [2.24, 2.45) is 5.73 Å². The van der Waals surface area contributed by atoms with Crippen LogP contribution in [-0.4, -0.2) is 30.5 Å². The summed E-state index contributed by atoms with van der Waals surface area (Å²) in [5.41, 5.74) is 3.63. The fourth-order valence-corrected chi connectivity index (χ4v) is 1.19. The van der Waals surface area contributed by atoms with E-state index in [4.69, 9.17) is 10.5 Å². The number of nitrogens with zero attached hydrogens (tertiary/aromatic N) is 1. The van der Waals surface area contributed by atoms with Crippen LogP contribution < -0.4 is 5.73 Å². The first-order valence-corrected chi connectivity index (χ1v) is 4.79. The maximum absolute atomic E-state index is 12.6. The van der Waals surface area contributed by atoms with Crippen molar-refractivity contribution in [3.8, 4) is 0 Å². The molecule has 0 saturated carbocycles. The Morgan fingerprint density at radius 2 is 2.18 bits per heavy atom. The maximum Gasteiger partial charge on any atom is 0.417 e. The summed E-state index contributed by atoms with van der Waals surface area (Å²) in [6.45, 7) is -0.119. The van der Waals surface area contributed by atoms with Crippen LogP contribution in [0.2, 0.25) is 0 Å². The lowest BCUT2D eigenvalue weighted by atomic mass is 10.1. The number of aromatic nitrogens is 1. The Morgan fingerprint density at radius 3 is 2.76 bits per heavy atom. The first-order valence-electron chi connectivity index (χ1n) is 4.79. The minimum Gasteiger partial charge on any atom is -0.372 e. The standard InChI is InChI=1S/C10H11F3N2O2/c11-10(12,13)8-1-3-15-5-7(8)9(16)6-17-4-2-14/h1,3,5H,2,4,6,14H2. The van der Waals surface area contributed by atoms with Crippen LogP contribution in [0.25, 0.3) is 0 Å². The van der Waals surface area contributed by atoms with Crippen molar-refractivity contribution in [2.45, 2.75) is 6.18 Å². The molecule has 0 spiro atoms. The molecular formula is C10H11F3N2O2. The fourth-order valence-electron chi connectivity index (χ4n) is 1.19. The van der Waals surface area contributed by atoms with E-state index in [1.54, 1.807) is 0 Å². The normalized spacial score (nSPS) is 11.5. The van der Waals surface area contributed by atoms with Crippen molar-refractivity contribution in [1.82, 2.24) is 4.98 Å². The minimum atomic E-state index is -4.58. The largest absolute Gasteiger partial charge is 0.417 e. The van der Waals surface area contributed by atoms with Gasteiger partial charge in [-0.05, 0) is 6.07 Å².